The Kier molecular flexibility index (Phi) is 5.65. The number of thioether (sulfide) groups is 1. The highest BCUT2D eigenvalue weighted by Gasteiger charge is 2.06. The lowest BCUT2D eigenvalue weighted by atomic mass is 10.1. The van der Waals surface area contributed by atoms with Crippen LogP contribution in [0.4, 0.5) is 0 Å². The van der Waals surface area contributed by atoms with Crippen LogP contribution in [0.5, 0.6) is 0 Å². The minimum absolute atomic E-state index is 0.0439. The van der Waals surface area contributed by atoms with E-state index in [1.54, 1.807) is 36.0 Å². The van der Waals surface area contributed by atoms with E-state index in [0.717, 1.165) is 16.9 Å². The highest BCUT2D eigenvalue weighted by Crippen LogP contribution is 2.16. The zero-order chi connectivity index (χ0) is 14.4. The lowest BCUT2D eigenvalue weighted by molar-refractivity contribution is 0.102. The summed E-state index contributed by atoms with van der Waals surface area (Å²) in [5.41, 5.74) is 2.70. The normalized spacial score (nSPS) is 10.5. The summed E-state index contributed by atoms with van der Waals surface area (Å²) in [4.78, 5) is 12.0. The molecule has 104 valence electrons. The van der Waals surface area contributed by atoms with Crippen LogP contribution in [0.3, 0.4) is 0 Å². The number of ketones is 1. The first-order valence-electron chi connectivity index (χ1n) is 6.24. The van der Waals surface area contributed by atoms with Crippen molar-refractivity contribution < 1.29 is 9.90 Å². The molecule has 0 radical (unpaired) electrons. The van der Waals surface area contributed by atoms with Crippen LogP contribution in [-0.4, -0.2) is 16.6 Å². The van der Waals surface area contributed by atoms with Crippen LogP contribution in [0.1, 0.15) is 21.5 Å². The molecule has 0 atom stereocenters. The highest BCUT2D eigenvalue weighted by atomic mass is 35.5. The summed E-state index contributed by atoms with van der Waals surface area (Å²) in [5.74, 6) is 1.29. The fraction of sp³-hybridized carbons (Fsp3) is 0.188. The van der Waals surface area contributed by atoms with E-state index in [-0.39, 0.29) is 12.4 Å². The number of carbonyl (C=O) groups is 1. The van der Waals surface area contributed by atoms with Crippen molar-refractivity contribution in [3.8, 4) is 0 Å². The van der Waals surface area contributed by atoms with E-state index in [0.29, 0.717) is 16.3 Å². The summed E-state index contributed by atoms with van der Waals surface area (Å²) < 4.78 is 0. The van der Waals surface area contributed by atoms with Crippen molar-refractivity contribution in [1.82, 2.24) is 0 Å². The summed E-state index contributed by atoms with van der Waals surface area (Å²) in [6.45, 7) is 0.0439. The summed E-state index contributed by atoms with van der Waals surface area (Å²) >= 11 is 7.36. The SMILES string of the molecule is O=C(CSCc1cccc(CO)c1)c1ccc(Cl)cc1. The lowest BCUT2D eigenvalue weighted by Gasteiger charge is -2.04. The second-order valence-corrected chi connectivity index (χ2v) is 5.82. The fourth-order valence-corrected chi connectivity index (χ4v) is 2.79. The monoisotopic (exact) mass is 306 g/mol. The number of aliphatic hydroxyl groups excluding tert-OH is 1. The molecule has 0 unspecified atom stereocenters. The number of benzene rings is 2. The zero-order valence-electron chi connectivity index (χ0n) is 10.9. The largest absolute Gasteiger partial charge is 0.392 e. The molecule has 2 aromatic carbocycles. The Morgan fingerprint density at radius 3 is 2.50 bits per heavy atom. The van der Waals surface area contributed by atoms with E-state index >= 15 is 0 Å². The van der Waals surface area contributed by atoms with Gasteiger partial charge in [-0.15, -0.1) is 11.8 Å². The molecule has 2 rings (SSSR count). The summed E-state index contributed by atoms with van der Waals surface area (Å²) in [7, 11) is 0. The molecule has 0 saturated carbocycles. The Bertz CT molecular complexity index is 581. The van der Waals surface area contributed by atoms with Gasteiger partial charge < -0.3 is 5.11 Å². The summed E-state index contributed by atoms with van der Waals surface area (Å²) in [6.07, 6.45) is 0. The predicted octanol–water partition coefficient (Wildman–Crippen LogP) is 3.95. The first-order chi connectivity index (χ1) is 9.69. The van der Waals surface area contributed by atoms with Crippen LogP contribution in [0.25, 0.3) is 0 Å². The van der Waals surface area contributed by atoms with Gasteiger partial charge in [-0.3, -0.25) is 4.79 Å². The van der Waals surface area contributed by atoms with Gasteiger partial charge in [0.25, 0.3) is 0 Å². The molecule has 2 aromatic rings. The molecule has 0 bridgehead atoms. The summed E-state index contributed by atoms with van der Waals surface area (Å²) in [5, 5.41) is 9.71. The first-order valence-corrected chi connectivity index (χ1v) is 7.77. The molecule has 2 nitrogen and oxygen atoms in total. The van der Waals surface area contributed by atoms with Crippen molar-refractivity contribution in [3.05, 3.63) is 70.2 Å². The number of aliphatic hydroxyl groups is 1. The number of Topliss-reactive ketones (excluding diaryl/α,β-unsaturated/α-hetero) is 1. The molecule has 0 amide bonds. The minimum Gasteiger partial charge on any atom is -0.392 e. The van der Waals surface area contributed by atoms with Crippen molar-refractivity contribution in [2.75, 3.05) is 5.75 Å². The summed E-state index contributed by atoms with van der Waals surface area (Å²) in [6, 6.07) is 14.7. The molecule has 0 aromatic heterocycles. The lowest BCUT2D eigenvalue weighted by Crippen LogP contribution is -2.02. The Morgan fingerprint density at radius 1 is 1.10 bits per heavy atom. The van der Waals surface area contributed by atoms with Gasteiger partial charge in [-0.1, -0.05) is 35.9 Å². The van der Waals surface area contributed by atoms with E-state index in [1.165, 1.54) is 0 Å². The van der Waals surface area contributed by atoms with Crippen molar-refractivity contribution in [2.45, 2.75) is 12.4 Å². The maximum Gasteiger partial charge on any atom is 0.172 e. The Hall–Kier alpha value is -1.29. The van der Waals surface area contributed by atoms with Crippen LogP contribution < -0.4 is 0 Å². The van der Waals surface area contributed by atoms with Crippen LogP contribution in [-0.2, 0) is 12.4 Å². The number of halogens is 1. The zero-order valence-corrected chi connectivity index (χ0v) is 12.5. The second-order valence-electron chi connectivity index (χ2n) is 4.40. The molecular weight excluding hydrogens is 292 g/mol. The average Bonchev–Trinajstić information content (AvgIpc) is 2.48. The molecule has 0 aliphatic carbocycles. The quantitative estimate of drug-likeness (QED) is 0.821. The molecule has 0 aliphatic rings. The number of hydrogen-bond donors (Lipinski definition) is 1. The molecule has 0 saturated heterocycles. The van der Waals surface area contributed by atoms with Crippen LogP contribution in [0, 0.1) is 0 Å². The van der Waals surface area contributed by atoms with Gasteiger partial charge in [0.2, 0.25) is 0 Å². The molecule has 0 heterocycles. The molecular formula is C16H15ClO2S. The second kappa shape index (κ2) is 7.48. The van der Waals surface area contributed by atoms with Crippen molar-refractivity contribution in [2.24, 2.45) is 0 Å². The van der Waals surface area contributed by atoms with Gasteiger partial charge >= 0.3 is 0 Å². The van der Waals surface area contributed by atoms with Crippen LogP contribution >= 0.6 is 23.4 Å². The Morgan fingerprint density at radius 2 is 1.80 bits per heavy atom. The maximum atomic E-state index is 12.0. The third kappa shape index (κ3) is 4.37. The third-order valence-electron chi connectivity index (χ3n) is 2.84. The topological polar surface area (TPSA) is 37.3 Å². The van der Waals surface area contributed by atoms with Crippen LogP contribution in [0.2, 0.25) is 5.02 Å². The van der Waals surface area contributed by atoms with Crippen molar-refractivity contribution in [1.29, 1.82) is 0 Å². The molecule has 0 aliphatic heterocycles. The van der Waals surface area contributed by atoms with E-state index in [4.69, 9.17) is 16.7 Å². The van der Waals surface area contributed by atoms with E-state index in [1.807, 2.05) is 24.3 Å². The van der Waals surface area contributed by atoms with Gasteiger partial charge in [-0.05, 0) is 35.4 Å². The van der Waals surface area contributed by atoms with Gasteiger partial charge in [0, 0.05) is 16.3 Å². The molecule has 20 heavy (non-hydrogen) atoms. The van der Waals surface area contributed by atoms with E-state index < -0.39 is 0 Å². The Balaban J connectivity index is 1.86. The molecule has 1 N–H and O–H groups in total. The average molecular weight is 307 g/mol. The van der Waals surface area contributed by atoms with Gasteiger partial charge in [-0.2, -0.15) is 0 Å². The number of carbonyl (C=O) groups excluding carboxylic acids is 1. The Labute approximate surface area is 127 Å². The third-order valence-corrected chi connectivity index (χ3v) is 4.10. The maximum absolute atomic E-state index is 12.0. The number of hydrogen-bond acceptors (Lipinski definition) is 3. The van der Waals surface area contributed by atoms with E-state index in [9.17, 15) is 4.79 Å². The van der Waals surface area contributed by atoms with Gasteiger partial charge in [0.05, 0.1) is 12.4 Å². The van der Waals surface area contributed by atoms with E-state index in [2.05, 4.69) is 0 Å². The highest BCUT2D eigenvalue weighted by molar-refractivity contribution is 7.99. The smallest absolute Gasteiger partial charge is 0.172 e. The standard InChI is InChI=1S/C16H15ClO2S/c17-15-6-4-14(5-7-15)16(19)11-20-10-13-3-1-2-12(8-13)9-18/h1-8,18H,9-11H2. The van der Waals surface area contributed by atoms with Gasteiger partial charge in [0.1, 0.15) is 0 Å². The fourth-order valence-electron chi connectivity index (χ4n) is 1.80. The first kappa shape index (κ1) is 15.1. The van der Waals surface area contributed by atoms with Gasteiger partial charge in [-0.25, -0.2) is 0 Å². The molecule has 0 spiro atoms. The number of rotatable bonds is 6. The van der Waals surface area contributed by atoms with Crippen molar-refractivity contribution >= 4 is 29.1 Å². The predicted molar refractivity (Wildman–Crippen MR) is 84.3 cm³/mol. The molecule has 4 heteroatoms. The van der Waals surface area contributed by atoms with Crippen LogP contribution in [0.15, 0.2) is 48.5 Å². The van der Waals surface area contributed by atoms with Crippen molar-refractivity contribution in [3.63, 3.8) is 0 Å². The molecule has 0 fully saturated rings. The minimum atomic E-state index is 0.0439. The van der Waals surface area contributed by atoms with Gasteiger partial charge in [0.15, 0.2) is 5.78 Å².